The second kappa shape index (κ2) is 9.00. The molecule has 0 saturated carbocycles. The van der Waals surface area contributed by atoms with E-state index in [0.29, 0.717) is 29.1 Å². The van der Waals surface area contributed by atoms with Crippen molar-refractivity contribution in [2.24, 2.45) is 4.99 Å². The van der Waals surface area contributed by atoms with Gasteiger partial charge >= 0.3 is 0 Å². The van der Waals surface area contributed by atoms with Crippen molar-refractivity contribution in [3.63, 3.8) is 0 Å². The Morgan fingerprint density at radius 1 is 1.19 bits per heavy atom. The summed E-state index contributed by atoms with van der Waals surface area (Å²) in [5.74, 6) is 0.678. The Hall–Kier alpha value is -2.12. The van der Waals surface area contributed by atoms with E-state index < -0.39 is 9.84 Å². The summed E-state index contributed by atoms with van der Waals surface area (Å²) < 4.78 is 23.3. The molecule has 1 heterocycles. The summed E-state index contributed by atoms with van der Waals surface area (Å²) in [4.78, 5) is 8.61. The fraction of sp³-hybridized carbons (Fsp3) is 0.333. The third-order valence-electron chi connectivity index (χ3n) is 3.82. The Morgan fingerprint density at radius 3 is 2.50 bits per heavy atom. The number of nitrogens with one attached hydrogen (secondary N) is 2. The number of rotatable bonds is 6. The van der Waals surface area contributed by atoms with E-state index in [1.54, 1.807) is 32.3 Å². The van der Waals surface area contributed by atoms with E-state index in [4.69, 9.17) is 11.6 Å². The summed E-state index contributed by atoms with van der Waals surface area (Å²) >= 11 is 5.77. The Bertz CT molecular complexity index is 881. The molecule has 0 fully saturated rings. The van der Waals surface area contributed by atoms with Crippen LogP contribution in [0.25, 0.3) is 0 Å². The Morgan fingerprint density at radius 2 is 1.92 bits per heavy atom. The first kappa shape index (κ1) is 20.2. The van der Waals surface area contributed by atoms with E-state index in [1.807, 2.05) is 18.2 Å². The first-order valence-electron chi connectivity index (χ1n) is 8.14. The number of aryl methyl sites for hydroxylation is 1. The maximum atomic E-state index is 11.7. The monoisotopic (exact) mass is 394 g/mol. The number of hydrogen-bond donors (Lipinski definition) is 2. The van der Waals surface area contributed by atoms with Gasteiger partial charge in [0, 0.05) is 32.6 Å². The minimum Gasteiger partial charge on any atom is -0.356 e. The molecule has 2 N–H and O–H groups in total. The number of aliphatic imine (C=N–C) groups is 1. The normalized spacial score (nSPS) is 12.1. The number of hydrogen-bond acceptors (Lipinski definition) is 4. The minimum atomic E-state index is -3.20. The van der Waals surface area contributed by atoms with Crippen LogP contribution in [0.15, 0.2) is 46.4 Å². The molecule has 6 nitrogen and oxygen atoms in total. The van der Waals surface area contributed by atoms with Crippen LogP contribution in [0.5, 0.6) is 0 Å². The molecule has 0 unspecified atom stereocenters. The average molecular weight is 395 g/mol. The van der Waals surface area contributed by atoms with Gasteiger partial charge < -0.3 is 10.6 Å². The fourth-order valence-electron chi connectivity index (χ4n) is 2.52. The van der Waals surface area contributed by atoms with Crippen molar-refractivity contribution in [2.75, 3.05) is 19.8 Å². The molecule has 0 bridgehead atoms. The molecule has 2 aromatic rings. The van der Waals surface area contributed by atoms with Crippen LogP contribution < -0.4 is 10.6 Å². The van der Waals surface area contributed by atoms with Crippen molar-refractivity contribution < 1.29 is 8.42 Å². The predicted molar refractivity (Wildman–Crippen MR) is 105 cm³/mol. The van der Waals surface area contributed by atoms with Gasteiger partial charge in [0.25, 0.3) is 0 Å². The molecule has 0 saturated heterocycles. The molecule has 0 amide bonds. The standard InChI is InChI=1S/C18H23ClN4O2S/c1-13-10-15(4-6-16(13)26(3,24)25)12-23-18(20-2)21-9-8-14-5-7-17(19)22-11-14/h4-7,10-11H,8-9,12H2,1-3H3,(H2,20,21,23). The quantitative estimate of drug-likeness (QED) is 0.446. The number of guanidine groups is 1. The number of halogens is 1. The van der Waals surface area contributed by atoms with E-state index >= 15 is 0 Å². The zero-order chi connectivity index (χ0) is 19.2. The van der Waals surface area contributed by atoms with E-state index in [2.05, 4.69) is 20.6 Å². The number of nitrogens with zero attached hydrogens (tertiary/aromatic N) is 2. The molecule has 0 atom stereocenters. The highest BCUT2D eigenvalue weighted by Gasteiger charge is 2.10. The zero-order valence-corrected chi connectivity index (χ0v) is 16.7. The summed E-state index contributed by atoms with van der Waals surface area (Å²) in [6.45, 7) is 3.05. The molecule has 140 valence electrons. The first-order valence-corrected chi connectivity index (χ1v) is 10.4. The van der Waals surface area contributed by atoms with Crippen molar-refractivity contribution in [3.8, 4) is 0 Å². The van der Waals surface area contributed by atoms with E-state index in [0.717, 1.165) is 23.1 Å². The maximum Gasteiger partial charge on any atom is 0.191 e. The lowest BCUT2D eigenvalue weighted by atomic mass is 10.1. The lowest BCUT2D eigenvalue weighted by Gasteiger charge is -2.13. The minimum absolute atomic E-state index is 0.361. The molecule has 26 heavy (non-hydrogen) atoms. The lowest BCUT2D eigenvalue weighted by Crippen LogP contribution is -2.37. The van der Waals surface area contributed by atoms with Crippen molar-refractivity contribution in [1.82, 2.24) is 15.6 Å². The van der Waals surface area contributed by atoms with Gasteiger partial charge in [-0.1, -0.05) is 29.8 Å². The van der Waals surface area contributed by atoms with Gasteiger partial charge in [0.15, 0.2) is 15.8 Å². The molecule has 1 aromatic heterocycles. The summed E-state index contributed by atoms with van der Waals surface area (Å²) in [7, 11) is -1.49. The molecular formula is C18H23ClN4O2S. The van der Waals surface area contributed by atoms with Gasteiger partial charge in [0.2, 0.25) is 0 Å². The van der Waals surface area contributed by atoms with Gasteiger partial charge in [0.05, 0.1) is 4.90 Å². The van der Waals surface area contributed by atoms with E-state index in [9.17, 15) is 8.42 Å². The van der Waals surface area contributed by atoms with Gasteiger partial charge in [-0.3, -0.25) is 4.99 Å². The smallest absolute Gasteiger partial charge is 0.191 e. The highest BCUT2D eigenvalue weighted by molar-refractivity contribution is 7.90. The van der Waals surface area contributed by atoms with Crippen LogP contribution in [0.2, 0.25) is 5.15 Å². The van der Waals surface area contributed by atoms with Crippen molar-refractivity contribution >= 4 is 27.4 Å². The van der Waals surface area contributed by atoms with Crippen LogP contribution in [0.3, 0.4) is 0 Å². The Kier molecular flexibility index (Phi) is 6.99. The van der Waals surface area contributed by atoms with Gasteiger partial charge in [-0.2, -0.15) is 0 Å². The number of aromatic nitrogens is 1. The topological polar surface area (TPSA) is 83.4 Å². The summed E-state index contributed by atoms with van der Waals surface area (Å²) in [6.07, 6.45) is 3.77. The van der Waals surface area contributed by atoms with Gasteiger partial charge in [-0.05, 0) is 42.2 Å². The third-order valence-corrected chi connectivity index (χ3v) is 5.30. The third kappa shape index (κ3) is 6.00. The van der Waals surface area contributed by atoms with Crippen LogP contribution in [0.4, 0.5) is 0 Å². The van der Waals surface area contributed by atoms with Gasteiger partial charge in [-0.25, -0.2) is 13.4 Å². The van der Waals surface area contributed by atoms with E-state index in [1.165, 1.54) is 6.26 Å². The van der Waals surface area contributed by atoms with Gasteiger partial charge in [-0.15, -0.1) is 0 Å². The van der Waals surface area contributed by atoms with Crippen LogP contribution >= 0.6 is 11.6 Å². The molecule has 1 aromatic carbocycles. The molecule has 0 radical (unpaired) electrons. The van der Waals surface area contributed by atoms with E-state index in [-0.39, 0.29) is 0 Å². The fourth-order valence-corrected chi connectivity index (χ4v) is 3.59. The molecular weight excluding hydrogens is 372 g/mol. The summed E-state index contributed by atoms with van der Waals surface area (Å²) in [5, 5.41) is 6.94. The van der Waals surface area contributed by atoms with Crippen molar-refractivity contribution in [1.29, 1.82) is 0 Å². The second-order valence-corrected chi connectivity index (χ2v) is 8.34. The lowest BCUT2D eigenvalue weighted by molar-refractivity contribution is 0.601. The largest absolute Gasteiger partial charge is 0.356 e. The molecule has 0 aliphatic heterocycles. The summed E-state index contributed by atoms with van der Waals surface area (Å²) in [5.41, 5.74) is 2.81. The number of benzene rings is 1. The SMILES string of the molecule is CN=C(NCCc1ccc(Cl)nc1)NCc1ccc(S(C)(=O)=O)c(C)c1. The second-order valence-electron chi connectivity index (χ2n) is 5.96. The van der Waals surface area contributed by atoms with Crippen LogP contribution in [-0.2, 0) is 22.8 Å². The summed E-state index contributed by atoms with van der Waals surface area (Å²) in [6, 6.07) is 9.04. The van der Waals surface area contributed by atoms with Crippen LogP contribution in [0, 0.1) is 6.92 Å². The molecule has 0 aliphatic rings. The molecule has 2 rings (SSSR count). The Labute approximate surface area is 159 Å². The molecule has 8 heteroatoms. The zero-order valence-electron chi connectivity index (χ0n) is 15.1. The maximum absolute atomic E-state index is 11.7. The Balaban J connectivity index is 1.87. The highest BCUT2D eigenvalue weighted by Crippen LogP contribution is 2.16. The number of pyridine rings is 1. The first-order chi connectivity index (χ1) is 12.3. The molecule has 0 aliphatic carbocycles. The predicted octanol–water partition coefficient (Wildman–Crippen LogP) is 2.35. The average Bonchev–Trinajstić information content (AvgIpc) is 2.58. The van der Waals surface area contributed by atoms with Crippen molar-refractivity contribution in [3.05, 3.63) is 58.4 Å². The van der Waals surface area contributed by atoms with Crippen LogP contribution in [-0.4, -0.2) is 39.2 Å². The molecule has 0 spiro atoms. The number of sulfone groups is 1. The van der Waals surface area contributed by atoms with Gasteiger partial charge in [0.1, 0.15) is 5.15 Å². The van der Waals surface area contributed by atoms with Crippen LogP contribution in [0.1, 0.15) is 16.7 Å². The van der Waals surface area contributed by atoms with Crippen molar-refractivity contribution in [2.45, 2.75) is 24.8 Å². The highest BCUT2D eigenvalue weighted by atomic mass is 35.5.